The molecule has 1 saturated heterocycles. The molecule has 18 heavy (non-hydrogen) atoms. The summed E-state index contributed by atoms with van der Waals surface area (Å²) in [6.07, 6.45) is 0.709. The second-order valence-electron chi connectivity index (χ2n) is 5.30. The van der Waals surface area contributed by atoms with E-state index in [2.05, 4.69) is 13.8 Å². The van der Waals surface area contributed by atoms with E-state index in [9.17, 15) is 9.59 Å². The molecule has 0 bridgehead atoms. The Labute approximate surface area is 108 Å². The van der Waals surface area contributed by atoms with Crippen molar-refractivity contribution < 1.29 is 9.59 Å². The van der Waals surface area contributed by atoms with Crippen molar-refractivity contribution in [2.75, 3.05) is 32.7 Å². The summed E-state index contributed by atoms with van der Waals surface area (Å²) >= 11 is 0. The van der Waals surface area contributed by atoms with Crippen LogP contribution < -0.4 is 11.5 Å². The van der Waals surface area contributed by atoms with Gasteiger partial charge in [0.15, 0.2) is 0 Å². The molecule has 2 amide bonds. The molecule has 0 aromatic heterocycles. The van der Waals surface area contributed by atoms with Crippen LogP contribution in [0.4, 0.5) is 0 Å². The maximum atomic E-state index is 12.1. The van der Waals surface area contributed by atoms with E-state index in [1.54, 1.807) is 4.90 Å². The van der Waals surface area contributed by atoms with Crippen molar-refractivity contribution in [1.82, 2.24) is 9.80 Å². The Balaban J connectivity index is 2.38. The fourth-order valence-electron chi connectivity index (χ4n) is 2.19. The highest BCUT2D eigenvalue weighted by Crippen LogP contribution is 2.08. The molecule has 4 N–H and O–H groups in total. The zero-order chi connectivity index (χ0) is 13.7. The van der Waals surface area contributed by atoms with Gasteiger partial charge in [-0.1, -0.05) is 13.8 Å². The highest BCUT2D eigenvalue weighted by molar-refractivity contribution is 5.81. The van der Waals surface area contributed by atoms with Gasteiger partial charge in [0, 0.05) is 26.2 Å². The Morgan fingerprint density at radius 3 is 2.17 bits per heavy atom. The maximum absolute atomic E-state index is 12.1. The van der Waals surface area contributed by atoms with Gasteiger partial charge in [0.2, 0.25) is 11.8 Å². The first-order valence-electron chi connectivity index (χ1n) is 6.45. The number of carbonyl (C=O) groups is 2. The molecule has 6 heteroatoms. The van der Waals surface area contributed by atoms with Crippen LogP contribution in [0.15, 0.2) is 0 Å². The average molecular weight is 256 g/mol. The molecule has 6 nitrogen and oxygen atoms in total. The highest BCUT2D eigenvalue weighted by Gasteiger charge is 2.25. The predicted octanol–water partition coefficient (Wildman–Crippen LogP) is -1.01. The van der Waals surface area contributed by atoms with E-state index >= 15 is 0 Å². The van der Waals surface area contributed by atoms with Crippen LogP contribution in [0.2, 0.25) is 0 Å². The summed E-state index contributed by atoms with van der Waals surface area (Å²) in [7, 11) is 0. The Hall–Kier alpha value is -1.14. The van der Waals surface area contributed by atoms with Crippen molar-refractivity contribution in [3.8, 4) is 0 Å². The minimum absolute atomic E-state index is 0.0161. The lowest BCUT2D eigenvalue weighted by atomic mass is 10.0. The van der Waals surface area contributed by atoms with Gasteiger partial charge in [-0.15, -0.1) is 0 Å². The third-order valence-electron chi connectivity index (χ3n) is 3.11. The summed E-state index contributed by atoms with van der Waals surface area (Å²) in [6, 6.07) is -0.410. The van der Waals surface area contributed by atoms with Crippen molar-refractivity contribution in [3.05, 3.63) is 0 Å². The number of primary amides is 1. The van der Waals surface area contributed by atoms with Gasteiger partial charge in [0.1, 0.15) is 0 Å². The van der Waals surface area contributed by atoms with Crippen molar-refractivity contribution in [2.45, 2.75) is 26.3 Å². The fraction of sp³-hybridized carbons (Fsp3) is 0.833. The molecule has 0 aromatic rings. The van der Waals surface area contributed by atoms with Crippen LogP contribution in [0.25, 0.3) is 0 Å². The minimum atomic E-state index is -0.410. The number of piperazine rings is 1. The fourth-order valence-corrected chi connectivity index (χ4v) is 2.19. The Kier molecular flexibility index (Phi) is 5.55. The lowest BCUT2D eigenvalue weighted by Crippen LogP contribution is -2.54. The van der Waals surface area contributed by atoms with E-state index in [1.807, 2.05) is 4.90 Å². The Morgan fingerprint density at radius 2 is 1.72 bits per heavy atom. The van der Waals surface area contributed by atoms with E-state index in [1.165, 1.54) is 0 Å². The van der Waals surface area contributed by atoms with Crippen molar-refractivity contribution in [2.24, 2.45) is 17.4 Å². The SMILES string of the molecule is CC(C)C[C@H](N)C(=O)N1CCN(CC(N)=O)CC1. The van der Waals surface area contributed by atoms with Crippen LogP contribution in [0.1, 0.15) is 20.3 Å². The lowest BCUT2D eigenvalue weighted by molar-refractivity contribution is -0.134. The molecular weight excluding hydrogens is 232 g/mol. The molecule has 1 heterocycles. The maximum Gasteiger partial charge on any atom is 0.239 e. The third-order valence-corrected chi connectivity index (χ3v) is 3.11. The smallest absolute Gasteiger partial charge is 0.239 e. The molecule has 0 spiro atoms. The van der Waals surface area contributed by atoms with Crippen LogP contribution in [-0.4, -0.2) is 60.4 Å². The summed E-state index contributed by atoms with van der Waals surface area (Å²) in [5, 5.41) is 0. The number of rotatable bonds is 5. The first-order chi connectivity index (χ1) is 8.40. The normalized spacial score (nSPS) is 19.0. The second-order valence-corrected chi connectivity index (χ2v) is 5.30. The highest BCUT2D eigenvalue weighted by atomic mass is 16.2. The molecule has 0 saturated carbocycles. The van der Waals surface area contributed by atoms with Crippen LogP contribution in [0.3, 0.4) is 0 Å². The van der Waals surface area contributed by atoms with E-state index in [-0.39, 0.29) is 18.4 Å². The second kappa shape index (κ2) is 6.70. The van der Waals surface area contributed by atoms with Crippen molar-refractivity contribution in [1.29, 1.82) is 0 Å². The van der Waals surface area contributed by atoms with Crippen LogP contribution in [0.5, 0.6) is 0 Å². The topological polar surface area (TPSA) is 92.7 Å². The lowest BCUT2D eigenvalue weighted by Gasteiger charge is -2.35. The van der Waals surface area contributed by atoms with Gasteiger partial charge in [-0.3, -0.25) is 14.5 Å². The number of carbonyl (C=O) groups excluding carboxylic acids is 2. The largest absolute Gasteiger partial charge is 0.369 e. The van der Waals surface area contributed by atoms with Gasteiger partial charge in [0.05, 0.1) is 12.6 Å². The van der Waals surface area contributed by atoms with E-state index < -0.39 is 6.04 Å². The Morgan fingerprint density at radius 1 is 1.17 bits per heavy atom. The van der Waals surface area contributed by atoms with E-state index in [0.717, 1.165) is 0 Å². The molecule has 104 valence electrons. The van der Waals surface area contributed by atoms with E-state index in [0.29, 0.717) is 38.5 Å². The first kappa shape index (κ1) is 14.9. The monoisotopic (exact) mass is 256 g/mol. The van der Waals surface area contributed by atoms with Gasteiger partial charge in [-0.05, 0) is 12.3 Å². The summed E-state index contributed by atoms with van der Waals surface area (Å²) in [6.45, 7) is 6.98. The minimum Gasteiger partial charge on any atom is -0.369 e. The molecule has 1 aliphatic rings. The third kappa shape index (κ3) is 4.62. The van der Waals surface area contributed by atoms with Crippen LogP contribution in [0, 0.1) is 5.92 Å². The summed E-state index contributed by atoms with van der Waals surface area (Å²) in [5.74, 6) is 0.105. The van der Waals surface area contributed by atoms with E-state index in [4.69, 9.17) is 11.5 Å². The molecule has 1 fully saturated rings. The number of hydrogen-bond donors (Lipinski definition) is 2. The zero-order valence-electron chi connectivity index (χ0n) is 11.3. The summed E-state index contributed by atoms with van der Waals surface area (Å²) < 4.78 is 0. The van der Waals surface area contributed by atoms with Gasteiger partial charge in [-0.25, -0.2) is 0 Å². The quantitative estimate of drug-likeness (QED) is 0.659. The zero-order valence-corrected chi connectivity index (χ0v) is 11.3. The molecule has 0 unspecified atom stereocenters. The number of nitrogens with zero attached hydrogens (tertiary/aromatic N) is 2. The van der Waals surface area contributed by atoms with Gasteiger partial charge >= 0.3 is 0 Å². The van der Waals surface area contributed by atoms with Crippen molar-refractivity contribution in [3.63, 3.8) is 0 Å². The number of amides is 2. The first-order valence-corrected chi connectivity index (χ1v) is 6.45. The Bertz CT molecular complexity index is 298. The average Bonchev–Trinajstić information content (AvgIpc) is 2.27. The predicted molar refractivity (Wildman–Crippen MR) is 69.6 cm³/mol. The van der Waals surface area contributed by atoms with Crippen molar-refractivity contribution >= 4 is 11.8 Å². The van der Waals surface area contributed by atoms with Crippen LogP contribution >= 0.6 is 0 Å². The van der Waals surface area contributed by atoms with Gasteiger partial charge in [0.25, 0.3) is 0 Å². The number of hydrogen-bond acceptors (Lipinski definition) is 4. The standard InChI is InChI=1S/C12H24N4O2/c1-9(2)7-10(13)12(18)16-5-3-15(4-6-16)8-11(14)17/h9-10H,3-8,13H2,1-2H3,(H2,14,17)/t10-/m0/s1. The molecule has 0 aliphatic carbocycles. The van der Waals surface area contributed by atoms with Gasteiger partial charge < -0.3 is 16.4 Å². The molecule has 0 aromatic carbocycles. The summed E-state index contributed by atoms with van der Waals surface area (Å²) in [4.78, 5) is 26.6. The van der Waals surface area contributed by atoms with Crippen LogP contribution in [-0.2, 0) is 9.59 Å². The molecule has 0 radical (unpaired) electrons. The summed E-state index contributed by atoms with van der Waals surface area (Å²) in [5.41, 5.74) is 11.0. The molecule has 1 rings (SSSR count). The molecular formula is C12H24N4O2. The van der Waals surface area contributed by atoms with Gasteiger partial charge in [-0.2, -0.15) is 0 Å². The molecule has 1 atom stereocenters. The number of nitrogens with two attached hydrogens (primary N) is 2. The molecule has 1 aliphatic heterocycles.